The van der Waals surface area contributed by atoms with Gasteiger partial charge in [-0.2, -0.15) is 16.6 Å². The van der Waals surface area contributed by atoms with E-state index >= 15 is 0 Å². The third-order valence-corrected chi connectivity index (χ3v) is 5.29. The third kappa shape index (κ3) is 2.93. The van der Waals surface area contributed by atoms with Gasteiger partial charge in [-0.1, -0.05) is 6.07 Å². The molecule has 0 saturated carbocycles. The fourth-order valence-electron chi connectivity index (χ4n) is 2.52. The number of fused-ring (bicyclic) bond motifs is 1. The highest BCUT2D eigenvalue weighted by Gasteiger charge is 2.16. The first kappa shape index (κ1) is 15.6. The minimum absolute atomic E-state index is 0.0364. The van der Waals surface area contributed by atoms with E-state index in [0.717, 1.165) is 16.1 Å². The molecular weight excluding hydrogens is 354 g/mol. The Hall–Kier alpha value is -2.95. The Morgan fingerprint density at radius 3 is 3.04 bits per heavy atom. The van der Waals surface area contributed by atoms with E-state index in [4.69, 9.17) is 4.74 Å². The number of hydrogen-bond acceptors (Lipinski definition) is 6. The Balaban J connectivity index is 1.52. The molecule has 7 heteroatoms. The summed E-state index contributed by atoms with van der Waals surface area (Å²) in [4.78, 5) is 16.6. The lowest BCUT2D eigenvalue weighted by Gasteiger charge is -2.01. The van der Waals surface area contributed by atoms with Crippen LogP contribution in [-0.2, 0) is 11.3 Å². The van der Waals surface area contributed by atoms with Gasteiger partial charge in [0.1, 0.15) is 17.7 Å². The second kappa shape index (κ2) is 6.51. The number of hydrogen-bond donors (Lipinski definition) is 0. The van der Waals surface area contributed by atoms with Crippen LogP contribution in [0.5, 0.6) is 0 Å². The molecule has 0 aliphatic heterocycles. The highest BCUT2D eigenvalue weighted by atomic mass is 32.1. The van der Waals surface area contributed by atoms with E-state index in [1.165, 1.54) is 11.3 Å². The van der Waals surface area contributed by atoms with Gasteiger partial charge < -0.3 is 9.14 Å². The van der Waals surface area contributed by atoms with Gasteiger partial charge in [0.05, 0.1) is 11.1 Å². The molecule has 5 nitrogen and oxygen atoms in total. The van der Waals surface area contributed by atoms with E-state index in [-0.39, 0.29) is 12.3 Å². The van der Waals surface area contributed by atoms with Crippen molar-refractivity contribution in [2.24, 2.45) is 0 Å². The van der Waals surface area contributed by atoms with Gasteiger partial charge in [0.25, 0.3) is 0 Å². The van der Waals surface area contributed by atoms with Gasteiger partial charge in [0.15, 0.2) is 5.69 Å². The zero-order valence-electron chi connectivity index (χ0n) is 12.9. The summed E-state index contributed by atoms with van der Waals surface area (Å²) in [5.74, 6) is -0.489. The summed E-state index contributed by atoms with van der Waals surface area (Å²) in [6, 6.07) is 9.75. The van der Waals surface area contributed by atoms with Crippen molar-refractivity contribution in [2.45, 2.75) is 6.61 Å². The average molecular weight is 365 g/mol. The normalized spacial score (nSPS) is 10.7. The zero-order chi connectivity index (χ0) is 17.2. The van der Waals surface area contributed by atoms with Crippen LogP contribution < -0.4 is 0 Å². The number of pyridine rings is 1. The van der Waals surface area contributed by atoms with Crippen molar-refractivity contribution < 1.29 is 9.53 Å². The number of aromatic nitrogens is 2. The van der Waals surface area contributed by atoms with Crippen LogP contribution in [0.3, 0.4) is 0 Å². The first-order valence-electron chi connectivity index (χ1n) is 7.40. The van der Waals surface area contributed by atoms with Crippen LogP contribution in [0.4, 0.5) is 0 Å². The maximum Gasteiger partial charge on any atom is 0.358 e. The summed E-state index contributed by atoms with van der Waals surface area (Å²) < 4.78 is 7.21. The second-order valence-corrected chi connectivity index (χ2v) is 6.90. The summed E-state index contributed by atoms with van der Waals surface area (Å²) in [6.07, 6.45) is 3.66. The summed E-state index contributed by atoms with van der Waals surface area (Å²) >= 11 is 2.99. The van der Waals surface area contributed by atoms with Crippen LogP contribution in [0, 0.1) is 11.3 Å². The van der Waals surface area contributed by atoms with Crippen molar-refractivity contribution >= 4 is 34.2 Å². The molecule has 0 aliphatic rings. The van der Waals surface area contributed by atoms with Crippen LogP contribution in [0.1, 0.15) is 21.6 Å². The third-order valence-electron chi connectivity index (χ3n) is 3.71. The number of rotatable bonds is 4. The number of thiazole rings is 1. The van der Waals surface area contributed by atoms with Gasteiger partial charge in [0.2, 0.25) is 0 Å². The predicted molar refractivity (Wildman–Crippen MR) is 96.7 cm³/mol. The van der Waals surface area contributed by atoms with E-state index < -0.39 is 5.97 Å². The van der Waals surface area contributed by atoms with Crippen LogP contribution in [-0.4, -0.2) is 15.4 Å². The SMILES string of the molecule is N#Cc1c(COC(=O)c2csc(-c3ccsc3)n2)cn2ccccc12. The molecule has 4 rings (SSSR count). The standard InChI is InChI=1S/C18H11N3O2S2/c19-7-14-13(8-21-5-2-1-3-16(14)21)9-23-18(22)15-11-25-17(20-15)12-4-6-24-10-12/h1-6,8,10-11H,9H2. The first-order valence-corrected chi connectivity index (χ1v) is 9.22. The van der Waals surface area contributed by atoms with E-state index in [1.54, 1.807) is 22.9 Å². The van der Waals surface area contributed by atoms with Gasteiger partial charge in [-0.15, -0.1) is 11.3 Å². The molecular formula is C18H11N3O2S2. The van der Waals surface area contributed by atoms with Gasteiger partial charge in [-0.05, 0) is 23.6 Å². The number of thiophene rings is 1. The average Bonchev–Trinajstić information content (AvgIpc) is 3.37. The smallest absolute Gasteiger partial charge is 0.358 e. The molecule has 0 radical (unpaired) electrons. The lowest BCUT2D eigenvalue weighted by molar-refractivity contribution is 0.0466. The van der Waals surface area contributed by atoms with Crippen LogP contribution >= 0.6 is 22.7 Å². The number of nitrogens with zero attached hydrogens (tertiary/aromatic N) is 3. The molecule has 0 aromatic carbocycles. The largest absolute Gasteiger partial charge is 0.456 e. The van der Waals surface area contributed by atoms with Gasteiger partial charge in [0, 0.05) is 34.3 Å². The molecule has 0 atom stereocenters. The Labute approximate surface area is 151 Å². The number of esters is 1. The summed E-state index contributed by atoms with van der Waals surface area (Å²) in [5.41, 5.74) is 3.28. The topological polar surface area (TPSA) is 67.4 Å². The highest BCUT2D eigenvalue weighted by molar-refractivity contribution is 7.14. The lowest BCUT2D eigenvalue weighted by Crippen LogP contribution is -2.05. The summed E-state index contributed by atoms with van der Waals surface area (Å²) in [7, 11) is 0. The van der Waals surface area contributed by atoms with Crippen molar-refractivity contribution in [2.75, 3.05) is 0 Å². The molecule has 4 aromatic heterocycles. The van der Waals surface area contributed by atoms with Crippen LogP contribution in [0.25, 0.3) is 16.1 Å². The van der Waals surface area contributed by atoms with Gasteiger partial charge >= 0.3 is 5.97 Å². The van der Waals surface area contributed by atoms with E-state index in [0.29, 0.717) is 11.1 Å². The molecule has 0 spiro atoms. The Bertz CT molecular complexity index is 1090. The summed E-state index contributed by atoms with van der Waals surface area (Å²) in [6.45, 7) is 0.0364. The Kier molecular flexibility index (Phi) is 4.06. The Morgan fingerprint density at radius 1 is 1.32 bits per heavy atom. The van der Waals surface area contributed by atoms with Crippen molar-refractivity contribution in [1.82, 2.24) is 9.38 Å². The molecule has 0 aliphatic carbocycles. The minimum Gasteiger partial charge on any atom is -0.456 e. The molecule has 4 aromatic rings. The lowest BCUT2D eigenvalue weighted by atomic mass is 10.2. The van der Waals surface area contributed by atoms with E-state index in [2.05, 4.69) is 11.1 Å². The Morgan fingerprint density at radius 2 is 2.24 bits per heavy atom. The number of carbonyl (C=O) groups is 1. The van der Waals surface area contributed by atoms with E-state index in [1.807, 2.05) is 45.6 Å². The fraction of sp³-hybridized carbons (Fsp3) is 0.0556. The van der Waals surface area contributed by atoms with Gasteiger partial charge in [-0.3, -0.25) is 0 Å². The fourth-order valence-corrected chi connectivity index (χ4v) is 4.02. The molecule has 0 amide bonds. The van der Waals surface area contributed by atoms with Crippen molar-refractivity contribution in [3.63, 3.8) is 0 Å². The van der Waals surface area contributed by atoms with Crippen molar-refractivity contribution in [1.29, 1.82) is 5.26 Å². The van der Waals surface area contributed by atoms with Crippen molar-refractivity contribution in [3.05, 3.63) is 69.6 Å². The predicted octanol–water partition coefficient (Wildman–Crippen LogP) is 4.35. The number of ether oxygens (including phenoxy) is 1. The highest BCUT2D eigenvalue weighted by Crippen LogP contribution is 2.26. The second-order valence-electron chi connectivity index (χ2n) is 5.26. The molecule has 0 saturated heterocycles. The molecule has 0 bridgehead atoms. The van der Waals surface area contributed by atoms with Crippen molar-refractivity contribution in [3.8, 4) is 16.6 Å². The maximum atomic E-state index is 12.3. The number of carbonyl (C=O) groups excluding carboxylic acids is 1. The molecule has 122 valence electrons. The summed E-state index contributed by atoms with van der Waals surface area (Å²) in [5, 5.41) is 15.8. The van der Waals surface area contributed by atoms with Crippen LogP contribution in [0.15, 0.2) is 52.8 Å². The molecule has 4 heterocycles. The van der Waals surface area contributed by atoms with E-state index in [9.17, 15) is 10.1 Å². The zero-order valence-corrected chi connectivity index (χ0v) is 14.5. The molecule has 25 heavy (non-hydrogen) atoms. The quantitative estimate of drug-likeness (QED) is 0.504. The molecule has 0 fully saturated rings. The number of nitriles is 1. The molecule has 0 unspecified atom stereocenters. The minimum atomic E-state index is -0.489. The first-order chi connectivity index (χ1) is 12.3. The van der Waals surface area contributed by atoms with Gasteiger partial charge in [-0.25, -0.2) is 9.78 Å². The monoisotopic (exact) mass is 365 g/mol. The molecule has 0 N–H and O–H groups in total. The maximum absolute atomic E-state index is 12.3. The van der Waals surface area contributed by atoms with Crippen LogP contribution in [0.2, 0.25) is 0 Å².